The second-order valence-electron chi connectivity index (χ2n) is 8.28. The molecule has 3 aliphatic heterocycles. The molecule has 10 heteroatoms. The second kappa shape index (κ2) is 10.3. The first-order valence-corrected chi connectivity index (χ1v) is 12.6. The minimum atomic E-state index is -0.924. The SMILES string of the molecule is COC(=O)OC1=CC=CN2C1=CN1CCOC[C@H]1N2[C@@H](c1ccc(F)c(F)c1)c1ccccc1SC. The molecule has 7 nitrogen and oxygen atoms in total. The molecule has 3 heterocycles. The minimum absolute atomic E-state index is 0.266. The maximum absolute atomic E-state index is 14.6. The van der Waals surface area contributed by atoms with Crippen molar-refractivity contribution in [2.24, 2.45) is 0 Å². The molecular weight excluding hydrogens is 488 g/mol. The quantitative estimate of drug-likeness (QED) is 0.409. The van der Waals surface area contributed by atoms with Crippen molar-refractivity contribution in [3.05, 3.63) is 101 Å². The summed E-state index contributed by atoms with van der Waals surface area (Å²) in [4.78, 5) is 15.1. The maximum Gasteiger partial charge on any atom is 0.513 e. The van der Waals surface area contributed by atoms with Gasteiger partial charge in [0.25, 0.3) is 0 Å². The highest BCUT2D eigenvalue weighted by molar-refractivity contribution is 7.98. The molecule has 0 unspecified atom stereocenters. The molecule has 1 fully saturated rings. The lowest BCUT2D eigenvalue weighted by Gasteiger charge is -2.54. The Balaban J connectivity index is 1.68. The number of benzene rings is 2. The van der Waals surface area contributed by atoms with Crippen LogP contribution in [0.4, 0.5) is 13.6 Å². The largest absolute Gasteiger partial charge is 0.513 e. The van der Waals surface area contributed by atoms with Gasteiger partial charge in [-0.1, -0.05) is 24.3 Å². The Bertz CT molecular complexity index is 1250. The first-order chi connectivity index (χ1) is 17.5. The highest BCUT2D eigenvalue weighted by Gasteiger charge is 2.43. The number of methoxy groups -OCH3 is 1. The van der Waals surface area contributed by atoms with Crippen molar-refractivity contribution in [3.8, 4) is 0 Å². The molecule has 36 heavy (non-hydrogen) atoms. The molecule has 188 valence electrons. The average Bonchev–Trinajstić information content (AvgIpc) is 2.91. The monoisotopic (exact) mass is 513 g/mol. The van der Waals surface area contributed by atoms with Crippen molar-refractivity contribution < 1.29 is 27.8 Å². The van der Waals surface area contributed by atoms with E-state index in [2.05, 4.69) is 9.91 Å². The predicted octanol–water partition coefficient (Wildman–Crippen LogP) is 5.00. The molecule has 2 aromatic rings. The van der Waals surface area contributed by atoms with Crippen LogP contribution < -0.4 is 0 Å². The molecule has 2 aromatic carbocycles. The molecule has 0 amide bonds. The van der Waals surface area contributed by atoms with Crippen LogP contribution in [0.15, 0.2) is 83.4 Å². The number of carbonyl (C=O) groups is 1. The van der Waals surface area contributed by atoms with E-state index in [9.17, 15) is 13.6 Å². The summed E-state index contributed by atoms with van der Waals surface area (Å²) in [5.74, 6) is -1.53. The number of thioether (sulfide) groups is 1. The predicted molar refractivity (Wildman–Crippen MR) is 130 cm³/mol. The first kappa shape index (κ1) is 24.4. The van der Waals surface area contributed by atoms with E-state index < -0.39 is 23.8 Å². The van der Waals surface area contributed by atoms with E-state index in [1.54, 1.807) is 30.0 Å². The van der Waals surface area contributed by atoms with E-state index in [1.165, 1.54) is 13.2 Å². The fourth-order valence-electron chi connectivity index (χ4n) is 4.66. The molecule has 2 atom stereocenters. The summed E-state index contributed by atoms with van der Waals surface area (Å²) in [7, 11) is 1.25. The van der Waals surface area contributed by atoms with Crippen LogP contribution in [0.1, 0.15) is 17.2 Å². The summed E-state index contributed by atoms with van der Waals surface area (Å²) in [5, 5.41) is 3.93. The average molecular weight is 514 g/mol. The number of nitrogens with zero attached hydrogens (tertiary/aromatic N) is 3. The fourth-order valence-corrected chi connectivity index (χ4v) is 5.29. The van der Waals surface area contributed by atoms with Gasteiger partial charge in [0.15, 0.2) is 17.4 Å². The molecule has 0 bridgehead atoms. The summed E-state index contributed by atoms with van der Waals surface area (Å²) in [6.07, 6.45) is 8.08. The number of morpholine rings is 1. The highest BCUT2D eigenvalue weighted by Crippen LogP contribution is 2.43. The number of ether oxygens (including phenoxy) is 3. The number of hydrogen-bond acceptors (Lipinski definition) is 8. The van der Waals surface area contributed by atoms with Crippen LogP contribution in [0.3, 0.4) is 0 Å². The molecule has 0 saturated carbocycles. The molecule has 0 spiro atoms. The summed E-state index contributed by atoms with van der Waals surface area (Å²) in [5.41, 5.74) is 2.09. The Hall–Kier alpha value is -3.34. The zero-order chi connectivity index (χ0) is 25.2. The lowest BCUT2D eigenvalue weighted by molar-refractivity contribution is -0.150. The lowest BCUT2D eigenvalue weighted by Crippen LogP contribution is -2.62. The van der Waals surface area contributed by atoms with Crippen molar-refractivity contribution in [3.63, 3.8) is 0 Å². The molecule has 0 radical (unpaired) electrons. The van der Waals surface area contributed by atoms with Crippen LogP contribution in [0.5, 0.6) is 0 Å². The number of fused-ring (bicyclic) bond motifs is 2. The van der Waals surface area contributed by atoms with Crippen molar-refractivity contribution in [2.75, 3.05) is 33.1 Å². The van der Waals surface area contributed by atoms with E-state index in [1.807, 2.05) is 47.9 Å². The molecule has 0 aromatic heterocycles. The summed E-state index contributed by atoms with van der Waals surface area (Å²) < 4.78 is 44.6. The van der Waals surface area contributed by atoms with Gasteiger partial charge in [-0.05, 0) is 47.7 Å². The second-order valence-corrected chi connectivity index (χ2v) is 9.13. The van der Waals surface area contributed by atoms with Crippen molar-refractivity contribution in [2.45, 2.75) is 17.1 Å². The van der Waals surface area contributed by atoms with Crippen molar-refractivity contribution in [1.29, 1.82) is 0 Å². The minimum Gasteiger partial charge on any atom is -0.437 e. The molecule has 1 saturated heterocycles. The van der Waals surface area contributed by atoms with Crippen LogP contribution in [-0.4, -0.2) is 60.4 Å². The van der Waals surface area contributed by atoms with E-state index in [0.717, 1.165) is 16.5 Å². The van der Waals surface area contributed by atoms with Gasteiger partial charge in [0, 0.05) is 23.8 Å². The van der Waals surface area contributed by atoms with Crippen LogP contribution >= 0.6 is 11.8 Å². The van der Waals surface area contributed by atoms with Crippen LogP contribution in [0, 0.1) is 11.6 Å². The summed E-state index contributed by atoms with van der Waals surface area (Å²) >= 11 is 1.57. The third-order valence-corrected chi connectivity index (χ3v) is 7.09. The Morgan fingerprint density at radius 2 is 2.03 bits per heavy atom. The normalized spacial score (nSPS) is 20.2. The molecule has 0 aliphatic carbocycles. The number of hydrogen-bond donors (Lipinski definition) is 0. The number of halogens is 2. The Kier molecular flexibility index (Phi) is 6.99. The van der Waals surface area contributed by atoms with Gasteiger partial charge in [0.1, 0.15) is 11.9 Å². The van der Waals surface area contributed by atoms with Gasteiger partial charge in [-0.2, -0.15) is 5.01 Å². The molecule has 0 N–H and O–H groups in total. The van der Waals surface area contributed by atoms with Gasteiger partial charge in [-0.15, -0.1) is 11.8 Å². The Labute approximate surface area is 212 Å². The van der Waals surface area contributed by atoms with Crippen LogP contribution in [-0.2, 0) is 14.2 Å². The van der Waals surface area contributed by atoms with Crippen LogP contribution in [0.2, 0.25) is 0 Å². The van der Waals surface area contributed by atoms with Gasteiger partial charge in [0.05, 0.1) is 26.4 Å². The van der Waals surface area contributed by atoms with E-state index >= 15 is 0 Å². The van der Waals surface area contributed by atoms with Gasteiger partial charge < -0.3 is 19.1 Å². The third-order valence-electron chi connectivity index (χ3n) is 6.28. The van der Waals surface area contributed by atoms with Gasteiger partial charge in [-0.25, -0.2) is 13.6 Å². The highest BCUT2D eigenvalue weighted by atomic mass is 32.2. The zero-order valence-corrected chi connectivity index (χ0v) is 20.6. The van der Waals surface area contributed by atoms with Crippen molar-refractivity contribution in [1.82, 2.24) is 14.9 Å². The first-order valence-electron chi connectivity index (χ1n) is 11.4. The number of rotatable bonds is 5. The third kappa shape index (κ3) is 4.47. The standard InChI is InChI=1S/C26H25F2N3O4S/c1-33-26(32)35-22-7-5-11-30-21(22)15-29-12-13-34-16-24(29)31(30)25(17-9-10-19(27)20(28)14-17)18-6-3-4-8-23(18)36-2/h3-11,14-15,24-25H,12-13,16H2,1-2H3/t24-,25+/m1/s1. The fraction of sp³-hybridized carbons (Fsp3) is 0.269. The van der Waals surface area contributed by atoms with E-state index in [0.29, 0.717) is 36.8 Å². The van der Waals surface area contributed by atoms with Gasteiger partial charge in [-0.3, -0.25) is 5.01 Å². The zero-order valence-electron chi connectivity index (χ0n) is 19.8. The van der Waals surface area contributed by atoms with E-state index in [4.69, 9.17) is 14.2 Å². The van der Waals surface area contributed by atoms with Gasteiger partial charge >= 0.3 is 6.16 Å². The molecule has 5 rings (SSSR count). The topological polar surface area (TPSA) is 54.5 Å². The van der Waals surface area contributed by atoms with Gasteiger partial charge in [0.2, 0.25) is 0 Å². The number of hydrazine groups is 1. The Morgan fingerprint density at radius 1 is 1.19 bits per heavy atom. The summed E-state index contributed by atoms with van der Waals surface area (Å²) in [6.45, 7) is 1.51. The summed E-state index contributed by atoms with van der Waals surface area (Å²) in [6, 6.07) is 11.3. The molecular formula is C26H25F2N3O4S. The number of allylic oxidation sites excluding steroid dienone is 2. The Morgan fingerprint density at radius 3 is 2.81 bits per heavy atom. The van der Waals surface area contributed by atoms with E-state index in [-0.39, 0.29) is 6.17 Å². The van der Waals surface area contributed by atoms with Crippen molar-refractivity contribution >= 4 is 17.9 Å². The number of carbonyl (C=O) groups excluding carboxylic acids is 1. The molecule has 3 aliphatic rings. The lowest BCUT2D eigenvalue weighted by atomic mass is 9.96. The maximum atomic E-state index is 14.6. The van der Waals surface area contributed by atoms with Crippen LogP contribution in [0.25, 0.3) is 0 Å². The smallest absolute Gasteiger partial charge is 0.437 e.